The van der Waals surface area contributed by atoms with Crippen LogP contribution in [-0.4, -0.2) is 48.8 Å². The highest BCUT2D eigenvalue weighted by Crippen LogP contribution is 2.19. The Morgan fingerprint density at radius 1 is 1.28 bits per heavy atom. The number of halogens is 1. The maximum absolute atomic E-state index is 9.55. The molecule has 1 aromatic carbocycles. The van der Waals surface area contributed by atoms with Gasteiger partial charge in [-0.05, 0) is 24.5 Å². The van der Waals surface area contributed by atoms with Gasteiger partial charge in [-0.2, -0.15) is 0 Å². The van der Waals surface area contributed by atoms with Gasteiger partial charge in [-0.25, -0.2) is 0 Å². The first-order chi connectivity index (χ1) is 8.81. The van der Waals surface area contributed by atoms with E-state index < -0.39 is 0 Å². The minimum atomic E-state index is 0.254. The SMILES string of the molecule is OCC(CCc1ccccc1Br)N1CCNCC1. The third kappa shape index (κ3) is 3.79. The van der Waals surface area contributed by atoms with Gasteiger partial charge in [-0.3, -0.25) is 4.90 Å². The first kappa shape index (κ1) is 14.0. The number of hydrogen-bond donors (Lipinski definition) is 2. The zero-order chi connectivity index (χ0) is 12.8. The molecule has 1 aliphatic rings. The van der Waals surface area contributed by atoms with E-state index in [0.29, 0.717) is 6.04 Å². The molecule has 18 heavy (non-hydrogen) atoms. The van der Waals surface area contributed by atoms with E-state index in [9.17, 15) is 5.11 Å². The fourth-order valence-corrected chi connectivity index (χ4v) is 2.94. The number of aryl methyl sites for hydroxylation is 1. The second-order valence-corrected chi connectivity index (χ2v) is 5.61. The molecule has 1 heterocycles. The Balaban J connectivity index is 1.88. The number of piperazine rings is 1. The maximum Gasteiger partial charge on any atom is 0.0587 e. The molecule has 1 atom stereocenters. The molecule has 0 bridgehead atoms. The van der Waals surface area contributed by atoms with E-state index in [1.165, 1.54) is 10.0 Å². The van der Waals surface area contributed by atoms with Gasteiger partial charge in [0.2, 0.25) is 0 Å². The van der Waals surface area contributed by atoms with Crippen LogP contribution in [0.4, 0.5) is 0 Å². The van der Waals surface area contributed by atoms with Crippen LogP contribution < -0.4 is 5.32 Å². The van der Waals surface area contributed by atoms with Crippen LogP contribution in [-0.2, 0) is 6.42 Å². The first-order valence-electron chi connectivity index (χ1n) is 6.60. The fraction of sp³-hybridized carbons (Fsp3) is 0.571. The number of benzene rings is 1. The third-order valence-corrected chi connectivity index (χ3v) is 4.36. The predicted molar refractivity (Wildman–Crippen MR) is 77.8 cm³/mol. The fourth-order valence-electron chi connectivity index (χ4n) is 2.46. The molecule has 1 fully saturated rings. The van der Waals surface area contributed by atoms with Crippen molar-refractivity contribution >= 4 is 15.9 Å². The summed E-state index contributed by atoms with van der Waals surface area (Å²) in [5.74, 6) is 0. The van der Waals surface area contributed by atoms with Gasteiger partial charge in [0.1, 0.15) is 0 Å². The van der Waals surface area contributed by atoms with E-state index in [4.69, 9.17) is 0 Å². The summed E-state index contributed by atoms with van der Waals surface area (Å²) in [6.07, 6.45) is 2.02. The largest absolute Gasteiger partial charge is 0.395 e. The average molecular weight is 313 g/mol. The maximum atomic E-state index is 9.55. The highest BCUT2D eigenvalue weighted by Gasteiger charge is 2.19. The van der Waals surface area contributed by atoms with Crippen LogP contribution in [0.25, 0.3) is 0 Å². The lowest BCUT2D eigenvalue weighted by Gasteiger charge is -2.34. The normalized spacial score (nSPS) is 18.8. The van der Waals surface area contributed by atoms with E-state index in [0.717, 1.165) is 39.0 Å². The molecule has 4 heteroatoms. The number of aliphatic hydroxyl groups excluding tert-OH is 1. The molecule has 0 spiro atoms. The quantitative estimate of drug-likeness (QED) is 0.868. The Kier molecular flexibility index (Phi) is 5.63. The van der Waals surface area contributed by atoms with Crippen LogP contribution in [0.15, 0.2) is 28.7 Å². The molecule has 1 aliphatic heterocycles. The topological polar surface area (TPSA) is 35.5 Å². The Labute approximate surface area is 117 Å². The number of rotatable bonds is 5. The van der Waals surface area contributed by atoms with Crippen LogP contribution >= 0.6 is 15.9 Å². The van der Waals surface area contributed by atoms with E-state index >= 15 is 0 Å². The van der Waals surface area contributed by atoms with E-state index in [2.05, 4.69) is 44.3 Å². The predicted octanol–water partition coefficient (Wildman–Crippen LogP) is 1.65. The summed E-state index contributed by atoms with van der Waals surface area (Å²) in [5.41, 5.74) is 1.33. The van der Waals surface area contributed by atoms with E-state index in [1.807, 2.05) is 6.07 Å². The third-order valence-electron chi connectivity index (χ3n) is 3.58. The van der Waals surface area contributed by atoms with Crippen molar-refractivity contribution in [1.29, 1.82) is 0 Å². The smallest absolute Gasteiger partial charge is 0.0587 e. The van der Waals surface area contributed by atoms with Crippen molar-refractivity contribution in [2.45, 2.75) is 18.9 Å². The summed E-state index contributed by atoms with van der Waals surface area (Å²) >= 11 is 3.58. The lowest BCUT2D eigenvalue weighted by molar-refractivity contribution is 0.104. The van der Waals surface area contributed by atoms with Gasteiger partial charge in [0.05, 0.1) is 6.61 Å². The minimum absolute atomic E-state index is 0.254. The Bertz CT molecular complexity index is 367. The van der Waals surface area contributed by atoms with Gasteiger partial charge in [0.25, 0.3) is 0 Å². The lowest BCUT2D eigenvalue weighted by atomic mass is 10.0. The van der Waals surface area contributed by atoms with Crippen LogP contribution in [0, 0.1) is 0 Å². The molecule has 0 aromatic heterocycles. The molecular formula is C14H21BrN2O. The summed E-state index contributed by atoms with van der Waals surface area (Å²) in [6, 6.07) is 8.62. The number of aliphatic hydroxyl groups is 1. The van der Waals surface area contributed by atoms with E-state index in [1.54, 1.807) is 0 Å². The molecule has 100 valence electrons. The van der Waals surface area contributed by atoms with Crippen molar-refractivity contribution in [1.82, 2.24) is 10.2 Å². The summed E-state index contributed by atoms with van der Waals surface area (Å²) in [5, 5.41) is 12.9. The molecule has 1 saturated heterocycles. The lowest BCUT2D eigenvalue weighted by Crippen LogP contribution is -2.49. The number of nitrogens with one attached hydrogen (secondary N) is 1. The molecule has 0 aliphatic carbocycles. The van der Waals surface area contributed by atoms with Gasteiger partial charge >= 0.3 is 0 Å². The highest BCUT2D eigenvalue weighted by molar-refractivity contribution is 9.10. The van der Waals surface area contributed by atoms with Crippen molar-refractivity contribution in [3.8, 4) is 0 Å². The number of hydrogen-bond acceptors (Lipinski definition) is 3. The molecule has 0 radical (unpaired) electrons. The van der Waals surface area contributed by atoms with Gasteiger partial charge in [-0.15, -0.1) is 0 Å². The van der Waals surface area contributed by atoms with Crippen LogP contribution in [0.3, 0.4) is 0 Å². The Hall–Kier alpha value is -0.420. The van der Waals surface area contributed by atoms with E-state index in [-0.39, 0.29) is 6.61 Å². The standard InChI is InChI=1S/C14H21BrN2O/c15-14-4-2-1-3-12(14)5-6-13(11-18)17-9-7-16-8-10-17/h1-4,13,16,18H,5-11H2. The van der Waals surface area contributed by atoms with Crippen LogP contribution in [0.5, 0.6) is 0 Å². The Morgan fingerprint density at radius 2 is 2.00 bits per heavy atom. The molecule has 0 saturated carbocycles. The average Bonchev–Trinajstić information content (AvgIpc) is 2.42. The molecule has 2 N–H and O–H groups in total. The summed E-state index contributed by atoms with van der Waals surface area (Å²) < 4.78 is 1.17. The molecular weight excluding hydrogens is 292 g/mol. The summed E-state index contributed by atoms with van der Waals surface area (Å²) in [7, 11) is 0. The zero-order valence-electron chi connectivity index (χ0n) is 10.6. The van der Waals surface area contributed by atoms with Crippen LogP contribution in [0.2, 0.25) is 0 Å². The van der Waals surface area contributed by atoms with Gasteiger partial charge in [-0.1, -0.05) is 34.1 Å². The van der Waals surface area contributed by atoms with Crippen molar-refractivity contribution in [3.63, 3.8) is 0 Å². The first-order valence-corrected chi connectivity index (χ1v) is 7.39. The zero-order valence-corrected chi connectivity index (χ0v) is 12.2. The van der Waals surface area contributed by atoms with Crippen molar-refractivity contribution in [2.75, 3.05) is 32.8 Å². The van der Waals surface area contributed by atoms with Crippen molar-refractivity contribution in [3.05, 3.63) is 34.3 Å². The van der Waals surface area contributed by atoms with Gasteiger partial charge in [0, 0.05) is 36.7 Å². The van der Waals surface area contributed by atoms with Gasteiger partial charge < -0.3 is 10.4 Å². The number of nitrogens with zero attached hydrogens (tertiary/aromatic N) is 1. The molecule has 0 amide bonds. The van der Waals surface area contributed by atoms with Crippen molar-refractivity contribution in [2.24, 2.45) is 0 Å². The second kappa shape index (κ2) is 7.24. The Morgan fingerprint density at radius 3 is 2.67 bits per heavy atom. The van der Waals surface area contributed by atoms with Gasteiger partial charge in [0.15, 0.2) is 0 Å². The summed E-state index contributed by atoms with van der Waals surface area (Å²) in [6.45, 7) is 4.41. The molecule has 1 unspecified atom stereocenters. The molecule has 1 aromatic rings. The molecule has 2 rings (SSSR count). The monoisotopic (exact) mass is 312 g/mol. The van der Waals surface area contributed by atoms with Crippen LogP contribution in [0.1, 0.15) is 12.0 Å². The van der Waals surface area contributed by atoms with Crippen molar-refractivity contribution < 1.29 is 5.11 Å². The summed E-state index contributed by atoms with van der Waals surface area (Å²) in [4.78, 5) is 2.40. The highest BCUT2D eigenvalue weighted by atomic mass is 79.9. The molecule has 3 nitrogen and oxygen atoms in total. The minimum Gasteiger partial charge on any atom is -0.395 e. The second-order valence-electron chi connectivity index (χ2n) is 4.75.